The molecule has 0 unspecified atom stereocenters. The summed E-state index contributed by atoms with van der Waals surface area (Å²) in [4.78, 5) is 0. The van der Waals surface area contributed by atoms with Crippen molar-refractivity contribution in [3.8, 4) is 5.75 Å². The maximum absolute atomic E-state index is 6.05. The lowest BCUT2D eigenvalue weighted by atomic mass is 10.2. The van der Waals surface area contributed by atoms with Crippen molar-refractivity contribution < 1.29 is 9.26 Å². The second kappa shape index (κ2) is 5.21. The minimum atomic E-state index is 0.289. The average molecular weight is 253 g/mol. The molecule has 2 rings (SSSR count). The Morgan fingerprint density at radius 1 is 1.47 bits per heavy atom. The van der Waals surface area contributed by atoms with Gasteiger partial charge in [-0.15, -0.1) is 0 Å². The van der Waals surface area contributed by atoms with Crippen LogP contribution in [0.15, 0.2) is 28.8 Å². The summed E-state index contributed by atoms with van der Waals surface area (Å²) < 4.78 is 10.7. The highest BCUT2D eigenvalue weighted by atomic mass is 35.5. The van der Waals surface area contributed by atoms with E-state index >= 15 is 0 Å². The Morgan fingerprint density at radius 2 is 2.29 bits per heavy atom. The van der Waals surface area contributed by atoms with Crippen LogP contribution in [0.3, 0.4) is 0 Å². The molecule has 90 valence electrons. The van der Waals surface area contributed by atoms with Crippen LogP contribution in [0.25, 0.3) is 0 Å². The summed E-state index contributed by atoms with van der Waals surface area (Å²) in [6.07, 6.45) is 0. The van der Waals surface area contributed by atoms with Gasteiger partial charge in [-0.3, -0.25) is 0 Å². The number of aromatic nitrogens is 1. The molecular weight excluding hydrogens is 240 g/mol. The molecule has 0 aliphatic heterocycles. The molecule has 2 N–H and O–H groups in total. The lowest BCUT2D eigenvalue weighted by Gasteiger charge is -2.10. The molecule has 0 atom stereocenters. The van der Waals surface area contributed by atoms with Gasteiger partial charge in [0.1, 0.15) is 12.4 Å². The Balaban J connectivity index is 2.13. The molecule has 4 nitrogen and oxygen atoms in total. The number of aryl methyl sites for hydroxylation is 1. The van der Waals surface area contributed by atoms with E-state index in [1.807, 2.05) is 25.1 Å². The number of nitrogens with two attached hydrogens (primary N) is 1. The van der Waals surface area contributed by atoms with Crippen LogP contribution in [-0.4, -0.2) is 5.16 Å². The Kier molecular flexibility index (Phi) is 3.66. The maximum Gasteiger partial charge on any atom is 0.174 e. The number of hydrogen-bond donors (Lipinski definition) is 1. The topological polar surface area (TPSA) is 61.3 Å². The molecule has 17 heavy (non-hydrogen) atoms. The van der Waals surface area contributed by atoms with Crippen LogP contribution < -0.4 is 10.5 Å². The average Bonchev–Trinajstić information content (AvgIpc) is 2.73. The van der Waals surface area contributed by atoms with Crippen LogP contribution in [0.4, 0.5) is 0 Å². The van der Waals surface area contributed by atoms with Crippen molar-refractivity contribution >= 4 is 11.6 Å². The zero-order valence-corrected chi connectivity index (χ0v) is 10.2. The molecule has 0 aliphatic rings. The highest BCUT2D eigenvalue weighted by molar-refractivity contribution is 6.32. The standard InChI is InChI=1S/C12H13ClN2O2/c1-8-5-10(17-15-8)7-16-12-9(6-14)3-2-4-11(12)13/h2-5H,6-7,14H2,1H3. The Bertz CT molecular complexity index is 511. The van der Waals surface area contributed by atoms with Gasteiger partial charge in [0, 0.05) is 18.2 Å². The third-order valence-electron chi connectivity index (χ3n) is 2.30. The third-order valence-corrected chi connectivity index (χ3v) is 2.60. The van der Waals surface area contributed by atoms with Gasteiger partial charge in [-0.05, 0) is 13.0 Å². The predicted octanol–water partition coefficient (Wildman–Crippen LogP) is 2.67. The fraction of sp³-hybridized carbons (Fsp3) is 0.250. The van der Waals surface area contributed by atoms with Gasteiger partial charge >= 0.3 is 0 Å². The summed E-state index contributed by atoms with van der Waals surface area (Å²) in [5, 5.41) is 4.33. The smallest absolute Gasteiger partial charge is 0.174 e. The molecule has 0 saturated heterocycles. The van der Waals surface area contributed by atoms with E-state index in [1.165, 1.54) is 0 Å². The Hall–Kier alpha value is -1.52. The lowest BCUT2D eigenvalue weighted by molar-refractivity contribution is 0.247. The number of ether oxygens (including phenoxy) is 1. The van der Waals surface area contributed by atoms with Crippen molar-refractivity contribution in [2.24, 2.45) is 5.73 Å². The van der Waals surface area contributed by atoms with E-state index in [0.29, 0.717) is 23.1 Å². The molecule has 5 heteroatoms. The quantitative estimate of drug-likeness (QED) is 0.909. The molecule has 1 aromatic heterocycles. The summed E-state index contributed by atoms with van der Waals surface area (Å²) >= 11 is 6.05. The minimum absolute atomic E-state index is 0.289. The fourth-order valence-electron chi connectivity index (χ4n) is 1.50. The highest BCUT2D eigenvalue weighted by Gasteiger charge is 2.09. The van der Waals surface area contributed by atoms with Crippen molar-refractivity contribution in [1.82, 2.24) is 5.16 Å². The number of rotatable bonds is 4. The van der Waals surface area contributed by atoms with Crippen LogP contribution in [-0.2, 0) is 13.2 Å². The van der Waals surface area contributed by atoms with Gasteiger partial charge in [0.05, 0.1) is 10.7 Å². The molecule has 0 spiro atoms. The summed E-state index contributed by atoms with van der Waals surface area (Å²) in [7, 11) is 0. The normalized spacial score (nSPS) is 10.5. The zero-order valence-electron chi connectivity index (χ0n) is 9.44. The number of halogens is 1. The van der Waals surface area contributed by atoms with Crippen molar-refractivity contribution in [3.05, 3.63) is 46.3 Å². The molecule has 0 bridgehead atoms. The molecule has 0 aliphatic carbocycles. The zero-order chi connectivity index (χ0) is 12.3. The predicted molar refractivity (Wildman–Crippen MR) is 64.9 cm³/mol. The largest absolute Gasteiger partial charge is 0.484 e. The van der Waals surface area contributed by atoms with Crippen molar-refractivity contribution in [2.75, 3.05) is 0 Å². The van der Waals surface area contributed by atoms with E-state index in [9.17, 15) is 0 Å². The second-order valence-corrected chi connectivity index (χ2v) is 4.06. The molecular formula is C12H13ClN2O2. The SMILES string of the molecule is Cc1cc(COc2c(Cl)cccc2CN)on1. The first-order valence-electron chi connectivity index (χ1n) is 5.23. The summed E-state index contributed by atoms with van der Waals surface area (Å²) in [6.45, 7) is 2.52. The van der Waals surface area contributed by atoms with E-state index in [0.717, 1.165) is 11.3 Å². The molecule has 0 amide bonds. The Labute approximate surface area is 104 Å². The Morgan fingerprint density at radius 3 is 2.94 bits per heavy atom. The van der Waals surface area contributed by atoms with Crippen LogP contribution in [0.2, 0.25) is 5.02 Å². The third kappa shape index (κ3) is 2.78. The van der Waals surface area contributed by atoms with Crippen molar-refractivity contribution in [2.45, 2.75) is 20.1 Å². The molecule has 0 radical (unpaired) electrons. The summed E-state index contributed by atoms with van der Waals surface area (Å²) in [6, 6.07) is 7.31. The first kappa shape index (κ1) is 12.0. The second-order valence-electron chi connectivity index (χ2n) is 3.66. The maximum atomic E-state index is 6.05. The lowest BCUT2D eigenvalue weighted by Crippen LogP contribution is -2.02. The van der Waals surface area contributed by atoms with Gasteiger partial charge in [0.2, 0.25) is 0 Å². The molecule has 2 aromatic rings. The highest BCUT2D eigenvalue weighted by Crippen LogP contribution is 2.29. The van der Waals surface area contributed by atoms with E-state index < -0.39 is 0 Å². The first-order chi connectivity index (χ1) is 8.20. The number of para-hydroxylation sites is 1. The molecule has 1 heterocycles. The fourth-order valence-corrected chi connectivity index (χ4v) is 1.75. The van der Waals surface area contributed by atoms with E-state index in [2.05, 4.69) is 5.16 Å². The molecule has 1 aromatic carbocycles. The minimum Gasteiger partial charge on any atom is -0.484 e. The van der Waals surface area contributed by atoms with E-state index in [1.54, 1.807) is 6.07 Å². The van der Waals surface area contributed by atoms with Gasteiger partial charge in [-0.2, -0.15) is 0 Å². The molecule has 0 saturated carbocycles. The summed E-state index contributed by atoms with van der Waals surface area (Å²) in [5.41, 5.74) is 7.31. The van der Waals surface area contributed by atoms with Crippen LogP contribution in [0.1, 0.15) is 17.0 Å². The number of hydrogen-bond acceptors (Lipinski definition) is 4. The van der Waals surface area contributed by atoms with E-state index in [4.69, 9.17) is 26.6 Å². The van der Waals surface area contributed by atoms with Gasteiger partial charge < -0.3 is 15.0 Å². The van der Waals surface area contributed by atoms with Gasteiger partial charge in [-0.25, -0.2) is 0 Å². The van der Waals surface area contributed by atoms with Gasteiger partial charge in [-0.1, -0.05) is 28.9 Å². The van der Waals surface area contributed by atoms with Crippen molar-refractivity contribution in [3.63, 3.8) is 0 Å². The van der Waals surface area contributed by atoms with Crippen molar-refractivity contribution in [1.29, 1.82) is 0 Å². The number of benzene rings is 1. The van der Waals surface area contributed by atoms with Crippen LogP contribution >= 0.6 is 11.6 Å². The van der Waals surface area contributed by atoms with E-state index in [-0.39, 0.29) is 6.61 Å². The number of nitrogens with zero attached hydrogens (tertiary/aromatic N) is 1. The monoisotopic (exact) mass is 252 g/mol. The van der Waals surface area contributed by atoms with Gasteiger partial charge in [0.15, 0.2) is 5.76 Å². The van der Waals surface area contributed by atoms with Crippen LogP contribution in [0, 0.1) is 6.92 Å². The van der Waals surface area contributed by atoms with Gasteiger partial charge in [0.25, 0.3) is 0 Å². The first-order valence-corrected chi connectivity index (χ1v) is 5.61. The molecule has 0 fully saturated rings. The summed E-state index contributed by atoms with van der Waals surface area (Å²) in [5.74, 6) is 1.26. The van der Waals surface area contributed by atoms with Crippen LogP contribution in [0.5, 0.6) is 5.75 Å².